The van der Waals surface area contributed by atoms with E-state index in [0.29, 0.717) is 23.3 Å². The van der Waals surface area contributed by atoms with Gasteiger partial charge in [0.25, 0.3) is 0 Å². The lowest BCUT2D eigenvalue weighted by molar-refractivity contribution is 0.251. The van der Waals surface area contributed by atoms with Crippen LogP contribution in [0, 0.1) is 0 Å². The van der Waals surface area contributed by atoms with Crippen LogP contribution in [-0.2, 0) is 18.7 Å². The topological polar surface area (TPSA) is 80.0 Å². The third kappa shape index (κ3) is 5.33. The molecule has 1 aromatic carbocycles. The molecule has 0 saturated heterocycles. The maximum absolute atomic E-state index is 11.9. The molecule has 2 heterocycles. The number of hydrogen-bond donors (Lipinski definition) is 2. The smallest absolute Gasteiger partial charge is 0.321 e. The molecule has 0 spiro atoms. The Kier molecular flexibility index (Phi) is 6.08. The number of nitrogens with one attached hydrogen (secondary N) is 2. The lowest BCUT2D eigenvalue weighted by Gasteiger charge is -2.05. The molecular weight excluding hydrogens is 356 g/mol. The molecule has 0 aliphatic heterocycles. The monoisotopic (exact) mass is 374 g/mol. The quantitative estimate of drug-likeness (QED) is 0.603. The highest BCUT2D eigenvalue weighted by atomic mass is 32.2. The lowest BCUT2D eigenvalue weighted by Crippen LogP contribution is -2.28. The van der Waals surface area contributed by atoms with Crippen LogP contribution in [0.25, 0.3) is 0 Å². The van der Waals surface area contributed by atoms with Gasteiger partial charge in [-0.25, -0.2) is 14.8 Å². The third-order valence-electron chi connectivity index (χ3n) is 3.29. The zero-order valence-electron chi connectivity index (χ0n) is 13.7. The molecule has 2 amide bonds. The van der Waals surface area contributed by atoms with Crippen LogP contribution in [0.3, 0.4) is 0 Å². The van der Waals surface area contributed by atoms with Crippen LogP contribution in [0.5, 0.6) is 0 Å². The van der Waals surface area contributed by atoms with E-state index in [9.17, 15) is 4.79 Å². The second-order valence-electron chi connectivity index (χ2n) is 5.14. The van der Waals surface area contributed by atoms with Crippen LogP contribution in [0.2, 0.25) is 0 Å². The van der Waals surface area contributed by atoms with Gasteiger partial charge in [0.1, 0.15) is 5.76 Å². The number of oxazole rings is 1. The minimum absolute atomic E-state index is 0.268. The van der Waals surface area contributed by atoms with Crippen LogP contribution >= 0.6 is 23.1 Å². The average molecular weight is 374 g/mol. The molecule has 130 valence electrons. The number of nitrogens with zero attached hydrogens (tertiary/aromatic N) is 2. The molecule has 0 radical (unpaired) electrons. The van der Waals surface area contributed by atoms with Crippen molar-refractivity contribution in [3.05, 3.63) is 59.9 Å². The van der Waals surface area contributed by atoms with Crippen LogP contribution in [0.4, 0.5) is 9.93 Å². The molecule has 2 aromatic heterocycles. The summed E-state index contributed by atoms with van der Waals surface area (Å²) in [5.41, 5.74) is 1.05. The molecular formula is C17H18N4O2S2. The molecule has 0 unspecified atom stereocenters. The van der Waals surface area contributed by atoms with Crippen molar-refractivity contribution >= 4 is 34.3 Å². The second kappa shape index (κ2) is 8.68. The van der Waals surface area contributed by atoms with Crippen LogP contribution in [0.15, 0.2) is 51.4 Å². The third-order valence-corrected chi connectivity index (χ3v) is 5.38. The van der Waals surface area contributed by atoms with Gasteiger partial charge in [0.05, 0.1) is 22.4 Å². The van der Waals surface area contributed by atoms with Gasteiger partial charge in [0.2, 0.25) is 5.89 Å². The maximum Gasteiger partial charge on any atom is 0.321 e. The van der Waals surface area contributed by atoms with E-state index in [1.807, 2.05) is 37.3 Å². The molecule has 0 aliphatic carbocycles. The summed E-state index contributed by atoms with van der Waals surface area (Å²) in [4.78, 5) is 20.4. The van der Waals surface area contributed by atoms with Crippen molar-refractivity contribution in [1.82, 2.24) is 15.3 Å². The van der Waals surface area contributed by atoms with Gasteiger partial charge in [0.15, 0.2) is 5.13 Å². The van der Waals surface area contributed by atoms with Crippen molar-refractivity contribution in [1.29, 1.82) is 0 Å². The molecule has 6 nitrogen and oxygen atoms in total. The second-order valence-corrected chi connectivity index (χ2v) is 7.45. The Bertz CT molecular complexity index is 817. The first-order chi connectivity index (χ1) is 12.2. The van der Waals surface area contributed by atoms with Crippen molar-refractivity contribution in [3.63, 3.8) is 0 Å². The van der Waals surface area contributed by atoms with Crippen molar-refractivity contribution in [2.45, 2.75) is 29.9 Å². The van der Waals surface area contributed by atoms with Crippen molar-refractivity contribution in [2.75, 3.05) is 5.32 Å². The predicted octanol–water partition coefficient (Wildman–Crippen LogP) is 4.31. The van der Waals surface area contributed by atoms with E-state index in [1.54, 1.807) is 24.2 Å². The molecule has 0 fully saturated rings. The number of carbonyl (C=O) groups excluding carboxylic acids is 1. The summed E-state index contributed by atoms with van der Waals surface area (Å²) in [6.45, 7) is 2.50. The van der Waals surface area contributed by atoms with Crippen LogP contribution < -0.4 is 10.6 Å². The highest BCUT2D eigenvalue weighted by Crippen LogP contribution is 2.30. The molecule has 2 N–H and O–H groups in total. The zero-order valence-corrected chi connectivity index (χ0v) is 15.3. The molecule has 0 aliphatic rings. The fraction of sp³-hybridized carbons (Fsp3) is 0.235. The molecule has 3 rings (SSSR count). The molecule has 25 heavy (non-hydrogen) atoms. The van der Waals surface area contributed by atoms with E-state index >= 15 is 0 Å². The van der Waals surface area contributed by atoms with Gasteiger partial charge >= 0.3 is 6.03 Å². The van der Waals surface area contributed by atoms with Gasteiger partial charge in [-0.2, -0.15) is 0 Å². The van der Waals surface area contributed by atoms with Crippen LogP contribution in [-0.4, -0.2) is 16.0 Å². The number of carbonyl (C=O) groups is 1. The summed E-state index contributed by atoms with van der Waals surface area (Å²) in [5, 5.41) is 6.12. The minimum Gasteiger partial charge on any atom is -0.445 e. The number of amides is 2. The molecule has 3 aromatic rings. The van der Waals surface area contributed by atoms with Crippen molar-refractivity contribution in [2.24, 2.45) is 0 Å². The fourth-order valence-electron chi connectivity index (χ4n) is 2.01. The largest absolute Gasteiger partial charge is 0.445 e. The summed E-state index contributed by atoms with van der Waals surface area (Å²) in [6.07, 6.45) is 4.34. The number of thioether (sulfide) groups is 1. The van der Waals surface area contributed by atoms with Gasteiger partial charge in [-0.3, -0.25) is 5.32 Å². The van der Waals surface area contributed by atoms with Crippen LogP contribution in [0.1, 0.15) is 24.1 Å². The maximum atomic E-state index is 11.9. The number of aromatic nitrogens is 2. The Morgan fingerprint density at radius 3 is 2.84 bits per heavy atom. The molecule has 0 atom stereocenters. The number of urea groups is 1. The van der Waals surface area contributed by atoms with E-state index in [4.69, 9.17) is 4.42 Å². The highest BCUT2D eigenvalue weighted by Gasteiger charge is 2.09. The normalized spacial score (nSPS) is 10.6. The molecule has 0 saturated carbocycles. The average Bonchev–Trinajstić information content (AvgIpc) is 3.28. The summed E-state index contributed by atoms with van der Waals surface area (Å²) in [6, 6.07) is 9.48. The van der Waals surface area contributed by atoms with Gasteiger partial charge in [0, 0.05) is 13.0 Å². The summed E-state index contributed by atoms with van der Waals surface area (Å²) >= 11 is 3.01. The zero-order chi connectivity index (χ0) is 17.5. The van der Waals surface area contributed by atoms with Crippen molar-refractivity contribution in [3.8, 4) is 0 Å². The number of benzene rings is 1. The molecule has 8 heteroatoms. The van der Waals surface area contributed by atoms with Gasteiger partial charge in [-0.05, 0) is 5.56 Å². The van der Waals surface area contributed by atoms with E-state index in [0.717, 1.165) is 22.0 Å². The number of rotatable bonds is 7. The van der Waals surface area contributed by atoms with Gasteiger partial charge in [-0.15, -0.1) is 11.8 Å². The Morgan fingerprint density at radius 2 is 2.08 bits per heavy atom. The van der Waals surface area contributed by atoms with E-state index in [2.05, 4.69) is 20.6 Å². The predicted molar refractivity (Wildman–Crippen MR) is 99.9 cm³/mol. The van der Waals surface area contributed by atoms with Crippen molar-refractivity contribution < 1.29 is 9.21 Å². The van der Waals surface area contributed by atoms with E-state index < -0.39 is 0 Å². The first kappa shape index (κ1) is 17.5. The number of aryl methyl sites for hydroxylation is 1. The van der Waals surface area contributed by atoms with Gasteiger partial charge in [-0.1, -0.05) is 48.6 Å². The van der Waals surface area contributed by atoms with Gasteiger partial charge < -0.3 is 9.73 Å². The SMILES string of the molecule is CCc1cnc(CSc2cnc(NC(=O)NCc3ccccc3)s2)o1. The Morgan fingerprint density at radius 1 is 1.24 bits per heavy atom. The summed E-state index contributed by atoms with van der Waals surface area (Å²) in [5.74, 6) is 2.23. The first-order valence-corrected chi connectivity index (χ1v) is 9.64. The fourth-order valence-corrected chi connectivity index (χ4v) is 3.74. The summed E-state index contributed by atoms with van der Waals surface area (Å²) < 4.78 is 6.57. The first-order valence-electron chi connectivity index (χ1n) is 7.84. The number of hydrogen-bond acceptors (Lipinski definition) is 6. The van der Waals surface area contributed by atoms with E-state index in [1.165, 1.54) is 11.3 Å². The Balaban J connectivity index is 1.45. The number of thiazole rings is 1. The minimum atomic E-state index is -0.268. The number of anilines is 1. The summed E-state index contributed by atoms with van der Waals surface area (Å²) in [7, 11) is 0. The Labute approximate surface area is 154 Å². The molecule has 0 bridgehead atoms. The Hall–Kier alpha value is -2.32. The lowest BCUT2D eigenvalue weighted by atomic mass is 10.2. The highest BCUT2D eigenvalue weighted by molar-refractivity contribution is 8.00. The standard InChI is InChI=1S/C17H18N4O2S2/c1-2-13-9-18-14(23-13)11-24-15-10-20-17(25-15)21-16(22)19-8-12-6-4-3-5-7-12/h3-7,9-10H,2,8,11H2,1H3,(H2,19,20,21,22). The van der Waals surface area contributed by atoms with E-state index in [-0.39, 0.29) is 6.03 Å².